The van der Waals surface area contributed by atoms with Crippen LogP contribution in [0.15, 0.2) is 0 Å². The van der Waals surface area contributed by atoms with Crippen LogP contribution in [-0.4, -0.2) is 37.7 Å². The summed E-state index contributed by atoms with van der Waals surface area (Å²) >= 11 is 0. The molecule has 0 aliphatic heterocycles. The third-order valence-electron chi connectivity index (χ3n) is 2.77. The molecule has 3 heteroatoms. The van der Waals surface area contributed by atoms with Gasteiger partial charge in [0.2, 0.25) is 0 Å². The largest absolute Gasteiger partial charge is 0.383 e. The Morgan fingerprint density at radius 1 is 1.33 bits per heavy atom. The lowest BCUT2D eigenvalue weighted by Gasteiger charge is -2.30. The Bertz CT molecular complexity index is 185. The lowest BCUT2D eigenvalue weighted by Crippen LogP contribution is -2.39. The van der Waals surface area contributed by atoms with Gasteiger partial charge >= 0.3 is 0 Å². The minimum Gasteiger partial charge on any atom is -0.383 e. The molecule has 0 heterocycles. The molecule has 0 rings (SSSR count). The van der Waals surface area contributed by atoms with Crippen LogP contribution < -0.4 is 0 Å². The molecule has 3 nitrogen and oxygen atoms in total. The monoisotopic (exact) mass is 212 g/mol. The summed E-state index contributed by atoms with van der Waals surface area (Å²) in [5.74, 6) is 0.0995. The molecule has 1 atom stereocenters. The van der Waals surface area contributed by atoms with E-state index in [1.165, 1.54) is 0 Å². The first-order valence-corrected chi connectivity index (χ1v) is 5.82. The number of nitriles is 1. The molecule has 0 saturated heterocycles. The van der Waals surface area contributed by atoms with Crippen molar-refractivity contribution < 1.29 is 4.74 Å². The summed E-state index contributed by atoms with van der Waals surface area (Å²) in [5.41, 5.74) is 0. The van der Waals surface area contributed by atoms with E-state index in [-0.39, 0.29) is 5.92 Å². The molecule has 0 saturated carbocycles. The van der Waals surface area contributed by atoms with Crippen LogP contribution in [0.25, 0.3) is 0 Å². The summed E-state index contributed by atoms with van der Waals surface area (Å²) in [6.45, 7) is 8.90. The number of nitrogens with zero attached hydrogens (tertiary/aromatic N) is 2. The lowest BCUT2D eigenvalue weighted by molar-refractivity contribution is 0.109. The van der Waals surface area contributed by atoms with Crippen molar-refractivity contribution in [3.8, 4) is 6.07 Å². The molecular formula is C12H24N2O. The average Bonchev–Trinajstić information content (AvgIpc) is 2.26. The predicted molar refractivity (Wildman–Crippen MR) is 62.6 cm³/mol. The van der Waals surface area contributed by atoms with Gasteiger partial charge in [-0.1, -0.05) is 13.8 Å². The number of hydrogen-bond acceptors (Lipinski definition) is 3. The second-order valence-electron chi connectivity index (χ2n) is 3.99. The van der Waals surface area contributed by atoms with Crippen LogP contribution in [0.3, 0.4) is 0 Å². The molecule has 0 spiro atoms. The predicted octanol–water partition coefficient (Wildman–Crippen LogP) is 2.28. The van der Waals surface area contributed by atoms with Crippen LogP contribution in [0.5, 0.6) is 0 Å². The second-order valence-corrected chi connectivity index (χ2v) is 3.99. The van der Waals surface area contributed by atoms with Gasteiger partial charge in [0.25, 0.3) is 0 Å². The average molecular weight is 212 g/mol. The van der Waals surface area contributed by atoms with E-state index in [1.54, 1.807) is 7.11 Å². The molecule has 0 aromatic heterocycles. The van der Waals surface area contributed by atoms with Crippen LogP contribution in [0.1, 0.15) is 33.6 Å². The van der Waals surface area contributed by atoms with Gasteiger partial charge in [0, 0.05) is 26.2 Å². The van der Waals surface area contributed by atoms with Gasteiger partial charge < -0.3 is 4.74 Å². The molecule has 1 unspecified atom stereocenters. The van der Waals surface area contributed by atoms with Crippen molar-refractivity contribution in [3.63, 3.8) is 0 Å². The smallest absolute Gasteiger partial charge is 0.0666 e. The number of hydrogen-bond donors (Lipinski definition) is 0. The maximum absolute atomic E-state index is 8.83. The molecule has 0 N–H and O–H groups in total. The Balaban J connectivity index is 4.22. The number of methoxy groups -OCH3 is 1. The molecule has 0 aromatic carbocycles. The highest BCUT2D eigenvalue weighted by molar-refractivity contribution is 4.83. The van der Waals surface area contributed by atoms with E-state index < -0.39 is 0 Å². The van der Waals surface area contributed by atoms with Gasteiger partial charge in [0.15, 0.2) is 0 Å². The number of ether oxygens (including phenoxy) is 1. The van der Waals surface area contributed by atoms with E-state index >= 15 is 0 Å². The summed E-state index contributed by atoms with van der Waals surface area (Å²) in [5, 5.41) is 8.83. The molecule has 0 aromatic rings. The van der Waals surface area contributed by atoms with Gasteiger partial charge in [0.1, 0.15) is 0 Å². The molecule has 0 aliphatic rings. The molecule has 88 valence electrons. The molecule has 0 bridgehead atoms. The van der Waals surface area contributed by atoms with Gasteiger partial charge in [-0.05, 0) is 19.8 Å². The highest BCUT2D eigenvalue weighted by Crippen LogP contribution is 2.10. The minimum atomic E-state index is 0.0995. The first-order valence-electron chi connectivity index (χ1n) is 5.82. The fourth-order valence-electron chi connectivity index (χ4n) is 1.83. The van der Waals surface area contributed by atoms with Crippen molar-refractivity contribution in [1.29, 1.82) is 5.26 Å². The number of rotatable bonds is 8. The zero-order chi connectivity index (χ0) is 11.7. The minimum absolute atomic E-state index is 0.0995. The van der Waals surface area contributed by atoms with Crippen LogP contribution in [0.4, 0.5) is 0 Å². The highest BCUT2D eigenvalue weighted by atomic mass is 16.5. The molecule has 0 radical (unpaired) electrons. The SMILES string of the molecule is CCC(CC)N(CCOC)CC(C)C#N. The summed E-state index contributed by atoms with van der Waals surface area (Å²) in [6, 6.07) is 2.87. The quantitative estimate of drug-likeness (QED) is 0.619. The first-order chi connectivity index (χ1) is 7.19. The summed E-state index contributed by atoms with van der Waals surface area (Å²) < 4.78 is 5.10. The third kappa shape index (κ3) is 5.76. The van der Waals surface area contributed by atoms with Crippen molar-refractivity contribution in [3.05, 3.63) is 0 Å². The van der Waals surface area contributed by atoms with Gasteiger partial charge in [-0.25, -0.2) is 0 Å². The maximum atomic E-state index is 8.83. The molecular weight excluding hydrogens is 188 g/mol. The van der Waals surface area contributed by atoms with Crippen molar-refractivity contribution in [2.24, 2.45) is 5.92 Å². The summed E-state index contributed by atoms with van der Waals surface area (Å²) in [4.78, 5) is 2.37. The van der Waals surface area contributed by atoms with Crippen molar-refractivity contribution in [2.45, 2.75) is 39.7 Å². The van der Waals surface area contributed by atoms with Crippen LogP contribution >= 0.6 is 0 Å². The van der Waals surface area contributed by atoms with Crippen LogP contribution in [0, 0.1) is 17.2 Å². The first kappa shape index (κ1) is 14.4. The molecule has 0 aliphatic carbocycles. The fourth-order valence-corrected chi connectivity index (χ4v) is 1.83. The molecule has 0 fully saturated rings. The van der Waals surface area contributed by atoms with Crippen LogP contribution in [0.2, 0.25) is 0 Å². The Hall–Kier alpha value is -0.590. The van der Waals surface area contributed by atoms with Crippen LogP contribution in [-0.2, 0) is 4.74 Å². The highest BCUT2D eigenvalue weighted by Gasteiger charge is 2.16. The Labute approximate surface area is 94.0 Å². The van der Waals surface area contributed by atoms with Gasteiger partial charge in [0.05, 0.1) is 18.6 Å². The summed E-state index contributed by atoms with van der Waals surface area (Å²) in [7, 11) is 1.72. The van der Waals surface area contributed by atoms with Crippen molar-refractivity contribution in [1.82, 2.24) is 4.90 Å². The van der Waals surface area contributed by atoms with Gasteiger partial charge in [-0.15, -0.1) is 0 Å². The molecule has 0 amide bonds. The lowest BCUT2D eigenvalue weighted by atomic mass is 10.1. The maximum Gasteiger partial charge on any atom is 0.0666 e. The van der Waals surface area contributed by atoms with E-state index in [2.05, 4.69) is 24.8 Å². The van der Waals surface area contributed by atoms with E-state index in [0.717, 1.165) is 32.5 Å². The Morgan fingerprint density at radius 3 is 2.33 bits per heavy atom. The third-order valence-corrected chi connectivity index (χ3v) is 2.77. The standard InChI is InChI=1S/C12H24N2O/c1-5-12(6-2)14(7-8-15-4)10-11(3)9-13/h11-12H,5-8,10H2,1-4H3. The Morgan fingerprint density at radius 2 is 1.93 bits per heavy atom. The van der Waals surface area contributed by atoms with Gasteiger partial charge in [-0.3, -0.25) is 4.90 Å². The zero-order valence-electron chi connectivity index (χ0n) is 10.5. The Kier molecular flexibility index (Phi) is 8.35. The second kappa shape index (κ2) is 8.70. The summed E-state index contributed by atoms with van der Waals surface area (Å²) in [6.07, 6.45) is 2.27. The van der Waals surface area contributed by atoms with E-state index in [1.807, 2.05) is 6.92 Å². The molecule has 15 heavy (non-hydrogen) atoms. The fraction of sp³-hybridized carbons (Fsp3) is 0.917. The van der Waals surface area contributed by atoms with E-state index in [9.17, 15) is 0 Å². The topological polar surface area (TPSA) is 36.3 Å². The zero-order valence-corrected chi connectivity index (χ0v) is 10.5. The van der Waals surface area contributed by atoms with Crippen molar-refractivity contribution >= 4 is 0 Å². The normalized spacial score (nSPS) is 13.1. The van der Waals surface area contributed by atoms with Crippen molar-refractivity contribution in [2.75, 3.05) is 26.8 Å². The van der Waals surface area contributed by atoms with Gasteiger partial charge in [-0.2, -0.15) is 5.26 Å². The van der Waals surface area contributed by atoms with E-state index in [4.69, 9.17) is 10.00 Å². The van der Waals surface area contributed by atoms with E-state index in [0.29, 0.717) is 6.04 Å².